The fourth-order valence-electron chi connectivity index (χ4n) is 2.84. The first-order chi connectivity index (χ1) is 9.38. The zero-order valence-corrected chi connectivity index (χ0v) is 13.4. The Hall–Kier alpha value is -0.910. The highest BCUT2D eigenvalue weighted by Gasteiger charge is 2.32. The molecule has 0 bridgehead atoms. The molecule has 2 atom stereocenters. The monoisotopic (exact) mass is 280 g/mol. The Morgan fingerprint density at radius 2 is 2.00 bits per heavy atom. The van der Waals surface area contributed by atoms with Crippen LogP contribution in [0.2, 0.25) is 0 Å². The van der Waals surface area contributed by atoms with Crippen molar-refractivity contribution in [3.63, 3.8) is 0 Å². The lowest BCUT2D eigenvalue weighted by atomic mass is 10.00. The maximum Gasteiger partial charge on any atom is 0.0945 e. The quantitative estimate of drug-likeness (QED) is 0.885. The van der Waals surface area contributed by atoms with Crippen LogP contribution in [0.25, 0.3) is 0 Å². The van der Waals surface area contributed by atoms with E-state index in [9.17, 15) is 0 Å². The van der Waals surface area contributed by atoms with Crippen LogP contribution in [-0.4, -0.2) is 51.8 Å². The molecule has 0 aromatic carbocycles. The molecule has 1 N–H and O–H groups in total. The number of aryl methyl sites for hydroxylation is 1. The average molecular weight is 280 g/mol. The molecule has 2 rings (SSSR count). The third-order valence-electron chi connectivity index (χ3n) is 4.06. The van der Waals surface area contributed by atoms with Gasteiger partial charge in [-0.25, -0.2) is 4.98 Å². The van der Waals surface area contributed by atoms with E-state index in [1.54, 1.807) is 0 Å². The van der Waals surface area contributed by atoms with Gasteiger partial charge < -0.3 is 14.6 Å². The smallest absolute Gasteiger partial charge is 0.0945 e. The average Bonchev–Trinajstić information content (AvgIpc) is 2.74. The lowest BCUT2D eigenvalue weighted by Crippen LogP contribution is -2.58. The second kappa shape index (κ2) is 6.24. The molecule has 1 saturated heterocycles. The Kier molecular flexibility index (Phi) is 4.83. The number of hydrogen-bond acceptors (Lipinski definition) is 4. The lowest BCUT2D eigenvalue weighted by Gasteiger charge is -2.45. The molecule has 1 aromatic rings. The highest BCUT2D eigenvalue weighted by Crippen LogP contribution is 2.20. The second-order valence-electron chi connectivity index (χ2n) is 6.57. The van der Waals surface area contributed by atoms with Crippen molar-refractivity contribution in [2.24, 2.45) is 7.05 Å². The molecule has 20 heavy (non-hydrogen) atoms. The summed E-state index contributed by atoms with van der Waals surface area (Å²) in [5, 5.41) is 3.55. The minimum absolute atomic E-state index is 0.130. The van der Waals surface area contributed by atoms with Crippen molar-refractivity contribution in [3.8, 4) is 0 Å². The maximum absolute atomic E-state index is 5.82. The molecule has 1 aliphatic heterocycles. The maximum atomic E-state index is 5.82. The summed E-state index contributed by atoms with van der Waals surface area (Å²) in [6.07, 6.45) is 4.39. The normalized spacial score (nSPS) is 25.1. The SMILES string of the molecule is C[C@@H]1CN(C(C)(C)CNCc2cncn2C)C[C@@H](C)O1. The van der Waals surface area contributed by atoms with Crippen LogP contribution in [0, 0.1) is 0 Å². The van der Waals surface area contributed by atoms with Crippen LogP contribution in [0.4, 0.5) is 0 Å². The van der Waals surface area contributed by atoms with Crippen LogP contribution in [-0.2, 0) is 18.3 Å². The van der Waals surface area contributed by atoms with Crippen molar-refractivity contribution in [1.82, 2.24) is 19.8 Å². The van der Waals surface area contributed by atoms with Crippen molar-refractivity contribution in [2.45, 2.75) is 52.0 Å². The van der Waals surface area contributed by atoms with Crippen LogP contribution in [0.5, 0.6) is 0 Å². The molecule has 0 amide bonds. The van der Waals surface area contributed by atoms with Gasteiger partial charge >= 0.3 is 0 Å². The zero-order chi connectivity index (χ0) is 14.8. The third-order valence-corrected chi connectivity index (χ3v) is 4.06. The first-order valence-corrected chi connectivity index (χ1v) is 7.45. The number of nitrogens with zero attached hydrogens (tertiary/aromatic N) is 3. The van der Waals surface area contributed by atoms with E-state index in [4.69, 9.17) is 4.74 Å². The van der Waals surface area contributed by atoms with Gasteiger partial charge in [0.2, 0.25) is 0 Å². The predicted octanol–water partition coefficient (Wildman–Crippen LogP) is 1.40. The summed E-state index contributed by atoms with van der Waals surface area (Å²) < 4.78 is 7.87. The summed E-state index contributed by atoms with van der Waals surface area (Å²) >= 11 is 0. The number of morpholine rings is 1. The van der Waals surface area contributed by atoms with Crippen LogP contribution < -0.4 is 5.32 Å². The summed E-state index contributed by atoms with van der Waals surface area (Å²) in [6.45, 7) is 12.7. The van der Waals surface area contributed by atoms with Gasteiger partial charge in [-0.05, 0) is 27.7 Å². The topological polar surface area (TPSA) is 42.3 Å². The van der Waals surface area contributed by atoms with Crippen molar-refractivity contribution in [1.29, 1.82) is 0 Å². The number of rotatable bonds is 5. The molecule has 0 unspecified atom stereocenters. The lowest BCUT2D eigenvalue weighted by molar-refractivity contribution is -0.0952. The van der Waals surface area contributed by atoms with Crippen LogP contribution in [0.3, 0.4) is 0 Å². The van der Waals surface area contributed by atoms with Crippen molar-refractivity contribution >= 4 is 0 Å². The number of aromatic nitrogens is 2. The van der Waals surface area contributed by atoms with E-state index in [1.807, 2.05) is 19.6 Å². The van der Waals surface area contributed by atoms with Crippen molar-refractivity contribution in [2.75, 3.05) is 19.6 Å². The fraction of sp³-hybridized carbons (Fsp3) is 0.800. The Morgan fingerprint density at radius 1 is 1.35 bits per heavy atom. The van der Waals surface area contributed by atoms with E-state index in [1.165, 1.54) is 5.69 Å². The molecule has 1 aromatic heterocycles. The summed E-state index contributed by atoms with van der Waals surface area (Å²) in [5.74, 6) is 0. The summed E-state index contributed by atoms with van der Waals surface area (Å²) in [6, 6.07) is 0. The molecule has 0 aliphatic carbocycles. The Balaban J connectivity index is 1.85. The molecule has 1 aliphatic rings. The van der Waals surface area contributed by atoms with Gasteiger partial charge in [-0.1, -0.05) is 0 Å². The molecule has 2 heterocycles. The number of ether oxygens (including phenoxy) is 1. The number of imidazole rings is 1. The van der Waals surface area contributed by atoms with Crippen LogP contribution >= 0.6 is 0 Å². The summed E-state index contributed by atoms with van der Waals surface area (Å²) in [4.78, 5) is 6.67. The largest absolute Gasteiger partial charge is 0.373 e. The molecular weight excluding hydrogens is 252 g/mol. The molecule has 1 fully saturated rings. The first-order valence-electron chi connectivity index (χ1n) is 7.45. The van der Waals surface area contributed by atoms with Gasteiger partial charge in [-0.2, -0.15) is 0 Å². The molecule has 114 valence electrons. The first kappa shape index (κ1) is 15.5. The van der Waals surface area contributed by atoms with Gasteiger partial charge in [-0.15, -0.1) is 0 Å². The van der Waals surface area contributed by atoms with E-state index >= 15 is 0 Å². The van der Waals surface area contributed by atoms with E-state index in [0.29, 0.717) is 12.2 Å². The second-order valence-corrected chi connectivity index (χ2v) is 6.57. The number of nitrogens with one attached hydrogen (secondary N) is 1. The van der Waals surface area contributed by atoms with Gasteiger partial charge in [0.15, 0.2) is 0 Å². The van der Waals surface area contributed by atoms with Gasteiger partial charge in [0.1, 0.15) is 0 Å². The Morgan fingerprint density at radius 3 is 2.55 bits per heavy atom. The molecule has 0 saturated carbocycles. The van der Waals surface area contributed by atoms with E-state index in [-0.39, 0.29) is 5.54 Å². The third kappa shape index (κ3) is 3.81. The minimum atomic E-state index is 0.130. The highest BCUT2D eigenvalue weighted by molar-refractivity contribution is 4.97. The molecule has 5 heteroatoms. The molecule has 5 nitrogen and oxygen atoms in total. The summed E-state index contributed by atoms with van der Waals surface area (Å²) in [7, 11) is 2.03. The number of hydrogen-bond donors (Lipinski definition) is 1. The van der Waals surface area contributed by atoms with Crippen LogP contribution in [0.15, 0.2) is 12.5 Å². The zero-order valence-electron chi connectivity index (χ0n) is 13.4. The Labute approximate surface area is 122 Å². The van der Waals surface area contributed by atoms with Gasteiger partial charge in [-0.3, -0.25) is 4.90 Å². The molecule has 0 radical (unpaired) electrons. The van der Waals surface area contributed by atoms with E-state index in [0.717, 1.165) is 26.2 Å². The highest BCUT2D eigenvalue weighted by atomic mass is 16.5. The van der Waals surface area contributed by atoms with Crippen molar-refractivity contribution in [3.05, 3.63) is 18.2 Å². The molecule has 0 spiro atoms. The Bertz CT molecular complexity index is 419. The summed E-state index contributed by atoms with van der Waals surface area (Å²) in [5.41, 5.74) is 1.34. The molecular formula is C15H28N4O. The van der Waals surface area contributed by atoms with Crippen LogP contribution in [0.1, 0.15) is 33.4 Å². The van der Waals surface area contributed by atoms with Crippen molar-refractivity contribution < 1.29 is 4.74 Å². The van der Waals surface area contributed by atoms with Gasteiger partial charge in [0.25, 0.3) is 0 Å². The van der Waals surface area contributed by atoms with Gasteiger partial charge in [0.05, 0.1) is 24.2 Å². The predicted molar refractivity (Wildman–Crippen MR) is 80.6 cm³/mol. The minimum Gasteiger partial charge on any atom is -0.373 e. The van der Waals surface area contributed by atoms with Gasteiger partial charge in [0, 0.05) is 45.0 Å². The standard InChI is InChI=1S/C15H28N4O/c1-12-8-19(9-13(2)20-12)15(3,4)10-16-6-14-7-17-11-18(14)5/h7,11-13,16H,6,8-10H2,1-5H3/t12-,13-/m1/s1. The van der Waals surface area contributed by atoms with E-state index < -0.39 is 0 Å². The fourth-order valence-corrected chi connectivity index (χ4v) is 2.84. The van der Waals surface area contributed by atoms with E-state index in [2.05, 4.69) is 47.5 Å².